The molecule has 0 saturated carbocycles. The number of rotatable bonds is 6. The predicted molar refractivity (Wildman–Crippen MR) is 80.3 cm³/mol. The van der Waals surface area contributed by atoms with Crippen molar-refractivity contribution in [2.75, 3.05) is 14.2 Å². The smallest absolute Gasteiger partial charge is 0.267 e. The van der Waals surface area contributed by atoms with Crippen LogP contribution < -0.4 is 0 Å². The molecule has 0 saturated heterocycles. The normalized spacial score (nSPS) is 11.8. The summed E-state index contributed by atoms with van der Waals surface area (Å²) in [5.74, 6) is -0.442. The molecular formula is C15H17NO5S. The molecule has 0 N–H and O–H groups in total. The summed E-state index contributed by atoms with van der Waals surface area (Å²) in [6.07, 6.45) is 1.52. The summed E-state index contributed by atoms with van der Waals surface area (Å²) in [4.78, 5) is 12.2. The van der Waals surface area contributed by atoms with Gasteiger partial charge in [-0.25, -0.2) is 12.4 Å². The lowest BCUT2D eigenvalue weighted by molar-refractivity contribution is -0.0742. The van der Waals surface area contributed by atoms with E-state index in [0.717, 1.165) is 9.54 Å². The zero-order valence-corrected chi connectivity index (χ0v) is 13.3. The molecule has 0 atom stereocenters. The van der Waals surface area contributed by atoms with Gasteiger partial charge in [-0.1, -0.05) is 17.7 Å². The summed E-state index contributed by atoms with van der Waals surface area (Å²) < 4.78 is 35.7. The van der Waals surface area contributed by atoms with Crippen LogP contribution in [0.25, 0.3) is 0 Å². The third-order valence-corrected chi connectivity index (χ3v) is 4.84. The van der Waals surface area contributed by atoms with Gasteiger partial charge >= 0.3 is 0 Å². The lowest BCUT2D eigenvalue weighted by atomic mass is 10.2. The van der Waals surface area contributed by atoms with Crippen LogP contribution >= 0.6 is 0 Å². The van der Waals surface area contributed by atoms with Crippen LogP contribution in [0.15, 0.2) is 47.6 Å². The Morgan fingerprint density at radius 1 is 1.09 bits per heavy atom. The van der Waals surface area contributed by atoms with Crippen LogP contribution in [0, 0.1) is 6.92 Å². The van der Waals surface area contributed by atoms with Crippen molar-refractivity contribution in [3.8, 4) is 0 Å². The highest BCUT2D eigenvalue weighted by molar-refractivity contribution is 7.90. The van der Waals surface area contributed by atoms with Crippen LogP contribution in [0.1, 0.15) is 15.9 Å². The van der Waals surface area contributed by atoms with Gasteiger partial charge in [0.1, 0.15) is 0 Å². The van der Waals surface area contributed by atoms with Gasteiger partial charge in [0.05, 0.1) is 4.90 Å². The van der Waals surface area contributed by atoms with Gasteiger partial charge in [-0.05, 0) is 25.1 Å². The van der Waals surface area contributed by atoms with Gasteiger partial charge in [-0.15, -0.1) is 0 Å². The fraction of sp³-hybridized carbons (Fsp3) is 0.267. The molecule has 22 heavy (non-hydrogen) atoms. The molecule has 0 spiro atoms. The van der Waals surface area contributed by atoms with Crippen molar-refractivity contribution < 1.29 is 22.7 Å². The van der Waals surface area contributed by atoms with Gasteiger partial charge in [0.25, 0.3) is 10.0 Å². The lowest BCUT2D eigenvalue weighted by Crippen LogP contribution is -2.24. The van der Waals surface area contributed by atoms with Crippen LogP contribution in [0.5, 0.6) is 0 Å². The zero-order chi connectivity index (χ0) is 16.3. The Hall–Kier alpha value is -1.96. The second-order valence-corrected chi connectivity index (χ2v) is 6.56. The van der Waals surface area contributed by atoms with Gasteiger partial charge in [0, 0.05) is 32.2 Å². The fourth-order valence-corrected chi connectivity index (χ4v) is 3.15. The predicted octanol–water partition coefficient (Wildman–Crippen LogP) is 1.84. The SMILES string of the molecule is COC(OC)C(=O)c1ccn(S(=O)(=O)c2ccc(C)cc2)c1. The van der Waals surface area contributed by atoms with Gasteiger partial charge in [-0.2, -0.15) is 0 Å². The molecule has 0 unspecified atom stereocenters. The van der Waals surface area contributed by atoms with E-state index in [0.29, 0.717) is 0 Å². The van der Waals surface area contributed by atoms with Crippen molar-refractivity contribution in [3.63, 3.8) is 0 Å². The Balaban J connectivity index is 2.35. The molecule has 0 aliphatic rings. The molecule has 1 heterocycles. The minimum atomic E-state index is -3.72. The van der Waals surface area contributed by atoms with E-state index in [1.165, 1.54) is 44.8 Å². The molecule has 0 bridgehead atoms. The van der Waals surface area contributed by atoms with Crippen molar-refractivity contribution in [2.24, 2.45) is 0 Å². The monoisotopic (exact) mass is 323 g/mol. The summed E-state index contributed by atoms with van der Waals surface area (Å²) in [5, 5.41) is 0. The Labute approximate surface area is 129 Å². The Morgan fingerprint density at radius 2 is 1.68 bits per heavy atom. The zero-order valence-electron chi connectivity index (χ0n) is 12.5. The van der Waals surface area contributed by atoms with Crippen LogP contribution in [0.4, 0.5) is 0 Å². The molecule has 0 amide bonds. The first kappa shape index (κ1) is 16.4. The molecule has 0 aliphatic heterocycles. The number of Topliss-reactive ketones (excluding diaryl/α,β-unsaturated/α-hetero) is 1. The highest BCUT2D eigenvalue weighted by Crippen LogP contribution is 2.17. The third kappa shape index (κ3) is 3.11. The molecule has 118 valence electrons. The number of carbonyl (C=O) groups excluding carboxylic acids is 1. The number of hydrogen-bond acceptors (Lipinski definition) is 5. The summed E-state index contributed by atoms with van der Waals surface area (Å²) in [5.41, 5.74) is 1.16. The van der Waals surface area contributed by atoms with E-state index < -0.39 is 22.1 Å². The van der Waals surface area contributed by atoms with E-state index >= 15 is 0 Å². The van der Waals surface area contributed by atoms with Crippen LogP contribution in [0.3, 0.4) is 0 Å². The number of benzene rings is 1. The van der Waals surface area contributed by atoms with Gasteiger partial charge < -0.3 is 9.47 Å². The lowest BCUT2D eigenvalue weighted by Gasteiger charge is -2.10. The first-order valence-corrected chi connectivity index (χ1v) is 7.94. The summed E-state index contributed by atoms with van der Waals surface area (Å²) >= 11 is 0. The number of carbonyl (C=O) groups is 1. The molecule has 0 fully saturated rings. The minimum Gasteiger partial charge on any atom is -0.349 e. The van der Waals surface area contributed by atoms with Crippen molar-refractivity contribution in [1.29, 1.82) is 0 Å². The molecule has 6 nitrogen and oxygen atoms in total. The molecule has 0 radical (unpaired) electrons. The maximum Gasteiger partial charge on any atom is 0.267 e. The number of aryl methyl sites for hydroxylation is 1. The Bertz CT molecular complexity index is 757. The first-order chi connectivity index (χ1) is 10.4. The number of ketones is 1. The molecule has 0 aliphatic carbocycles. The van der Waals surface area contributed by atoms with Crippen LogP contribution in [-0.2, 0) is 19.5 Å². The van der Waals surface area contributed by atoms with Crippen molar-refractivity contribution in [1.82, 2.24) is 3.97 Å². The molecular weight excluding hydrogens is 306 g/mol. The maximum atomic E-state index is 12.5. The van der Waals surface area contributed by atoms with Crippen LogP contribution in [-0.4, -0.2) is 38.7 Å². The quantitative estimate of drug-likeness (QED) is 0.599. The van der Waals surface area contributed by atoms with E-state index in [9.17, 15) is 13.2 Å². The number of methoxy groups -OCH3 is 2. The van der Waals surface area contributed by atoms with Gasteiger partial charge in [0.15, 0.2) is 0 Å². The average molecular weight is 323 g/mol. The number of ether oxygens (including phenoxy) is 2. The van der Waals surface area contributed by atoms with E-state index in [1.807, 2.05) is 6.92 Å². The Kier molecular flexibility index (Phi) is 4.80. The Morgan fingerprint density at radius 3 is 2.23 bits per heavy atom. The largest absolute Gasteiger partial charge is 0.349 e. The number of nitrogens with zero attached hydrogens (tertiary/aromatic N) is 1. The minimum absolute atomic E-state index is 0.155. The highest BCUT2D eigenvalue weighted by atomic mass is 32.2. The molecule has 7 heteroatoms. The molecule has 2 aromatic rings. The maximum absolute atomic E-state index is 12.5. The summed E-state index contributed by atoms with van der Waals surface area (Å²) in [7, 11) is -1.05. The van der Waals surface area contributed by atoms with E-state index in [4.69, 9.17) is 9.47 Å². The van der Waals surface area contributed by atoms with Gasteiger partial charge in [0.2, 0.25) is 12.1 Å². The van der Waals surface area contributed by atoms with E-state index in [-0.39, 0.29) is 10.5 Å². The number of hydrogen-bond donors (Lipinski definition) is 0. The van der Waals surface area contributed by atoms with Crippen molar-refractivity contribution >= 4 is 15.8 Å². The summed E-state index contributed by atoms with van der Waals surface area (Å²) in [6.45, 7) is 1.87. The molecule has 1 aromatic heterocycles. The fourth-order valence-electron chi connectivity index (χ4n) is 1.95. The first-order valence-electron chi connectivity index (χ1n) is 6.50. The second-order valence-electron chi connectivity index (χ2n) is 4.72. The highest BCUT2D eigenvalue weighted by Gasteiger charge is 2.23. The van der Waals surface area contributed by atoms with Crippen molar-refractivity contribution in [3.05, 3.63) is 53.9 Å². The van der Waals surface area contributed by atoms with Crippen LogP contribution in [0.2, 0.25) is 0 Å². The molecule has 2 rings (SSSR count). The van der Waals surface area contributed by atoms with E-state index in [1.54, 1.807) is 12.1 Å². The van der Waals surface area contributed by atoms with E-state index in [2.05, 4.69) is 0 Å². The van der Waals surface area contributed by atoms with Gasteiger partial charge in [-0.3, -0.25) is 4.79 Å². The number of aromatic nitrogens is 1. The topological polar surface area (TPSA) is 74.6 Å². The average Bonchev–Trinajstić information content (AvgIpc) is 2.99. The standard InChI is InChI=1S/C15H17NO5S/c1-11-4-6-13(7-5-11)22(18,19)16-9-8-12(10-16)14(17)15(20-2)21-3/h4-10,15H,1-3H3. The summed E-state index contributed by atoms with van der Waals surface area (Å²) in [6, 6.07) is 7.90. The molecule has 1 aromatic carbocycles. The third-order valence-electron chi connectivity index (χ3n) is 3.19. The van der Waals surface area contributed by atoms with Crippen molar-refractivity contribution in [2.45, 2.75) is 18.1 Å². The second kappa shape index (κ2) is 6.43.